The van der Waals surface area contributed by atoms with Crippen molar-refractivity contribution < 1.29 is 4.39 Å². The molecule has 0 aliphatic carbocycles. The second-order valence-electron chi connectivity index (χ2n) is 7.73. The first-order valence-electron chi connectivity index (χ1n) is 9.93. The molecule has 3 heterocycles. The molecule has 0 aliphatic heterocycles. The minimum atomic E-state index is -0.441. The van der Waals surface area contributed by atoms with Gasteiger partial charge < -0.3 is 9.13 Å². The van der Waals surface area contributed by atoms with E-state index < -0.39 is 11.9 Å². The highest BCUT2D eigenvalue weighted by Gasteiger charge is 2.15. The van der Waals surface area contributed by atoms with Crippen LogP contribution in [0.4, 0.5) is 4.39 Å². The molecule has 1 aromatic carbocycles. The lowest BCUT2D eigenvalue weighted by molar-refractivity contribution is 0.584. The van der Waals surface area contributed by atoms with E-state index in [-0.39, 0.29) is 5.56 Å². The molecule has 0 saturated heterocycles. The number of nitrogens with zero attached hydrogens (tertiary/aromatic N) is 4. The number of benzene rings is 1. The lowest BCUT2D eigenvalue weighted by atomic mass is 10.0. The summed E-state index contributed by atoms with van der Waals surface area (Å²) in [6.45, 7) is 5.80. The van der Waals surface area contributed by atoms with Crippen molar-refractivity contribution in [2.45, 2.75) is 33.2 Å². The van der Waals surface area contributed by atoms with Gasteiger partial charge in [0.2, 0.25) is 0 Å². The summed E-state index contributed by atoms with van der Waals surface area (Å²) in [4.78, 5) is 21.3. The molecular formula is C24H22ClFN4O. The molecule has 31 heavy (non-hydrogen) atoms. The average Bonchev–Trinajstić information content (AvgIpc) is 3.16. The predicted molar refractivity (Wildman–Crippen MR) is 120 cm³/mol. The SMILES string of the molecule is Cc1cn(-c2ccc(Cc3cc(Cl)cn([C@@H](C)c4cncc(F)c4)c3=O)cc2C)cn1. The summed E-state index contributed by atoms with van der Waals surface area (Å²) in [5, 5.41) is 0.452. The second kappa shape index (κ2) is 8.47. The third kappa shape index (κ3) is 4.44. The van der Waals surface area contributed by atoms with Crippen LogP contribution in [0.3, 0.4) is 0 Å². The van der Waals surface area contributed by atoms with Crippen molar-refractivity contribution in [2.24, 2.45) is 0 Å². The van der Waals surface area contributed by atoms with Crippen LogP contribution in [0, 0.1) is 19.7 Å². The Balaban J connectivity index is 1.66. The molecule has 0 bridgehead atoms. The average molecular weight is 437 g/mol. The van der Waals surface area contributed by atoms with Crippen molar-refractivity contribution in [3.63, 3.8) is 0 Å². The summed E-state index contributed by atoms with van der Waals surface area (Å²) in [7, 11) is 0. The van der Waals surface area contributed by atoms with Gasteiger partial charge in [0.05, 0.1) is 29.3 Å². The van der Waals surface area contributed by atoms with E-state index in [9.17, 15) is 9.18 Å². The van der Waals surface area contributed by atoms with Crippen molar-refractivity contribution in [3.8, 4) is 5.69 Å². The molecule has 7 heteroatoms. The summed E-state index contributed by atoms with van der Waals surface area (Å²) in [6, 6.07) is 8.76. The van der Waals surface area contributed by atoms with Crippen molar-refractivity contribution in [1.82, 2.24) is 19.1 Å². The molecular weight excluding hydrogens is 415 g/mol. The predicted octanol–water partition coefficient (Wildman–Crippen LogP) is 5.04. The molecule has 0 spiro atoms. The molecule has 158 valence electrons. The number of aryl methyl sites for hydroxylation is 2. The molecule has 0 aliphatic rings. The number of imidazole rings is 1. The van der Waals surface area contributed by atoms with Crippen LogP contribution < -0.4 is 5.56 Å². The van der Waals surface area contributed by atoms with Gasteiger partial charge in [0.25, 0.3) is 5.56 Å². The van der Waals surface area contributed by atoms with E-state index in [0.29, 0.717) is 22.6 Å². The van der Waals surface area contributed by atoms with Gasteiger partial charge in [-0.05, 0) is 55.7 Å². The van der Waals surface area contributed by atoms with Crippen LogP contribution in [-0.2, 0) is 6.42 Å². The zero-order valence-electron chi connectivity index (χ0n) is 17.5. The molecule has 1 atom stereocenters. The fraction of sp³-hybridized carbons (Fsp3) is 0.208. The number of hydrogen-bond donors (Lipinski definition) is 0. The van der Waals surface area contributed by atoms with Crippen molar-refractivity contribution in [1.29, 1.82) is 0 Å². The fourth-order valence-electron chi connectivity index (χ4n) is 3.74. The fourth-order valence-corrected chi connectivity index (χ4v) is 3.98. The molecule has 0 amide bonds. The zero-order valence-corrected chi connectivity index (χ0v) is 18.3. The van der Waals surface area contributed by atoms with E-state index in [1.54, 1.807) is 24.8 Å². The van der Waals surface area contributed by atoms with Crippen LogP contribution in [-0.4, -0.2) is 19.1 Å². The largest absolute Gasteiger partial charge is 0.307 e. The number of hydrogen-bond acceptors (Lipinski definition) is 3. The third-order valence-electron chi connectivity index (χ3n) is 5.36. The smallest absolute Gasteiger partial charge is 0.254 e. The van der Waals surface area contributed by atoms with Gasteiger partial charge in [-0.15, -0.1) is 0 Å². The minimum Gasteiger partial charge on any atom is -0.307 e. The molecule has 0 unspecified atom stereocenters. The summed E-state index contributed by atoms with van der Waals surface area (Å²) >= 11 is 6.33. The Morgan fingerprint density at radius 2 is 1.94 bits per heavy atom. The van der Waals surface area contributed by atoms with Gasteiger partial charge in [-0.1, -0.05) is 23.7 Å². The van der Waals surface area contributed by atoms with Crippen LogP contribution >= 0.6 is 11.6 Å². The van der Waals surface area contributed by atoms with Gasteiger partial charge in [0, 0.05) is 36.3 Å². The molecule has 3 aromatic heterocycles. The van der Waals surface area contributed by atoms with E-state index in [2.05, 4.69) is 16.0 Å². The van der Waals surface area contributed by atoms with Crippen molar-refractivity contribution in [2.75, 3.05) is 0 Å². The van der Waals surface area contributed by atoms with Crippen LogP contribution in [0.5, 0.6) is 0 Å². The van der Waals surface area contributed by atoms with E-state index in [4.69, 9.17) is 11.6 Å². The number of aromatic nitrogens is 4. The number of halogens is 2. The second-order valence-corrected chi connectivity index (χ2v) is 8.16. The maximum Gasteiger partial charge on any atom is 0.254 e. The van der Waals surface area contributed by atoms with Crippen LogP contribution in [0.1, 0.15) is 40.9 Å². The van der Waals surface area contributed by atoms with Crippen LogP contribution in [0.25, 0.3) is 5.69 Å². The van der Waals surface area contributed by atoms with Crippen LogP contribution in [0.15, 0.2) is 66.2 Å². The van der Waals surface area contributed by atoms with E-state index in [1.165, 1.54) is 10.6 Å². The van der Waals surface area contributed by atoms with Crippen molar-refractivity contribution >= 4 is 11.6 Å². The Bertz CT molecular complexity index is 1310. The Morgan fingerprint density at radius 1 is 1.13 bits per heavy atom. The van der Waals surface area contributed by atoms with Gasteiger partial charge >= 0.3 is 0 Å². The topological polar surface area (TPSA) is 52.7 Å². The first-order chi connectivity index (χ1) is 14.8. The lowest BCUT2D eigenvalue weighted by Crippen LogP contribution is -2.27. The maximum atomic E-state index is 13.6. The summed E-state index contributed by atoms with van der Waals surface area (Å²) in [5.41, 5.74) is 5.10. The van der Waals surface area contributed by atoms with E-state index in [0.717, 1.165) is 28.7 Å². The molecule has 4 rings (SSSR count). The highest BCUT2D eigenvalue weighted by molar-refractivity contribution is 6.30. The highest BCUT2D eigenvalue weighted by atomic mass is 35.5. The molecule has 0 fully saturated rings. The molecule has 0 radical (unpaired) electrons. The highest BCUT2D eigenvalue weighted by Crippen LogP contribution is 2.21. The van der Waals surface area contributed by atoms with Gasteiger partial charge in [-0.3, -0.25) is 9.78 Å². The quantitative estimate of drug-likeness (QED) is 0.440. The Morgan fingerprint density at radius 3 is 2.61 bits per heavy atom. The van der Waals surface area contributed by atoms with Crippen molar-refractivity contribution in [3.05, 3.63) is 111 Å². The Labute approximate surface area is 184 Å². The van der Waals surface area contributed by atoms with E-state index in [1.807, 2.05) is 43.7 Å². The number of rotatable bonds is 5. The van der Waals surface area contributed by atoms with Gasteiger partial charge in [-0.25, -0.2) is 9.37 Å². The first-order valence-corrected chi connectivity index (χ1v) is 10.3. The Kier molecular flexibility index (Phi) is 5.74. The molecule has 4 aromatic rings. The molecule has 0 N–H and O–H groups in total. The summed E-state index contributed by atoms with van der Waals surface area (Å²) in [5.74, 6) is -0.441. The first kappa shape index (κ1) is 21.0. The summed E-state index contributed by atoms with van der Waals surface area (Å²) < 4.78 is 17.1. The third-order valence-corrected chi connectivity index (χ3v) is 5.56. The van der Waals surface area contributed by atoms with Gasteiger partial charge in [-0.2, -0.15) is 0 Å². The monoisotopic (exact) mass is 436 g/mol. The minimum absolute atomic E-state index is 0.159. The lowest BCUT2D eigenvalue weighted by Gasteiger charge is -2.17. The molecule has 5 nitrogen and oxygen atoms in total. The van der Waals surface area contributed by atoms with Crippen LogP contribution in [0.2, 0.25) is 5.02 Å². The zero-order chi connectivity index (χ0) is 22.1. The van der Waals surface area contributed by atoms with Gasteiger partial charge in [0.1, 0.15) is 5.82 Å². The van der Waals surface area contributed by atoms with Gasteiger partial charge in [0.15, 0.2) is 0 Å². The normalized spacial score (nSPS) is 12.2. The van der Waals surface area contributed by atoms with E-state index >= 15 is 0 Å². The maximum absolute atomic E-state index is 13.6. The standard InChI is InChI=1S/C24H22ClFN4O/c1-15-6-18(4-5-23(15)29-12-16(2)28-14-29)7-19-8-21(25)13-30(24(19)31)17(3)20-9-22(26)11-27-10-20/h4-6,8-14,17H,7H2,1-3H3/t17-/m0/s1. The molecule has 0 saturated carbocycles. The summed E-state index contributed by atoms with van der Waals surface area (Å²) in [6.07, 6.45) is 8.48. The number of pyridine rings is 2. The Hall–Kier alpha value is -3.25.